The molecular formula is C14H31Cl2N3O3. The molecule has 1 amide bonds. The van der Waals surface area contributed by atoms with Crippen LogP contribution >= 0.6 is 24.8 Å². The molecule has 1 saturated heterocycles. The van der Waals surface area contributed by atoms with Crippen LogP contribution in [0.4, 0.5) is 0 Å². The summed E-state index contributed by atoms with van der Waals surface area (Å²) in [4.78, 5) is 14.5. The molecule has 6 nitrogen and oxygen atoms in total. The summed E-state index contributed by atoms with van der Waals surface area (Å²) < 4.78 is 10.5. The zero-order chi connectivity index (χ0) is 14.8. The second kappa shape index (κ2) is 13.3. The number of hydrogen-bond donors (Lipinski definition) is 2. The lowest BCUT2D eigenvalue weighted by Crippen LogP contribution is -2.54. The van der Waals surface area contributed by atoms with Crippen LogP contribution in [0, 0.1) is 0 Å². The Morgan fingerprint density at radius 3 is 2.41 bits per heavy atom. The molecule has 1 aliphatic heterocycles. The molecule has 0 saturated carbocycles. The lowest BCUT2D eigenvalue weighted by atomic mass is 9.91. The molecule has 1 fully saturated rings. The van der Waals surface area contributed by atoms with Crippen molar-refractivity contribution in [2.75, 3.05) is 60.6 Å². The number of hydrogen-bond acceptors (Lipinski definition) is 5. The van der Waals surface area contributed by atoms with Gasteiger partial charge >= 0.3 is 0 Å². The van der Waals surface area contributed by atoms with Gasteiger partial charge in [-0.25, -0.2) is 0 Å². The fourth-order valence-corrected chi connectivity index (χ4v) is 2.43. The predicted molar refractivity (Wildman–Crippen MR) is 93.3 cm³/mol. The van der Waals surface area contributed by atoms with Gasteiger partial charge in [-0.2, -0.15) is 0 Å². The molecule has 0 bridgehead atoms. The van der Waals surface area contributed by atoms with Gasteiger partial charge in [0.15, 0.2) is 0 Å². The van der Waals surface area contributed by atoms with Gasteiger partial charge in [0, 0.05) is 27.3 Å². The number of nitrogens with zero attached hydrogens (tertiary/aromatic N) is 1. The van der Waals surface area contributed by atoms with Gasteiger partial charge in [0.2, 0.25) is 0 Å². The Morgan fingerprint density at radius 1 is 1.23 bits per heavy atom. The third-order valence-corrected chi connectivity index (χ3v) is 3.90. The number of amides is 1. The number of halogens is 2. The first kappa shape index (κ1) is 24.1. The highest BCUT2D eigenvalue weighted by Crippen LogP contribution is 2.22. The molecule has 0 unspecified atom stereocenters. The molecule has 0 atom stereocenters. The summed E-state index contributed by atoms with van der Waals surface area (Å²) in [7, 11) is 5.39. The minimum absolute atomic E-state index is 0. The fraction of sp³-hybridized carbons (Fsp3) is 0.929. The van der Waals surface area contributed by atoms with E-state index in [1.165, 1.54) is 0 Å². The largest absolute Gasteiger partial charge is 0.383 e. The van der Waals surface area contributed by atoms with Crippen molar-refractivity contribution < 1.29 is 14.3 Å². The minimum atomic E-state index is -0.632. The molecule has 0 radical (unpaired) electrons. The third kappa shape index (κ3) is 7.94. The van der Waals surface area contributed by atoms with Crippen LogP contribution in [0.1, 0.15) is 19.3 Å². The van der Waals surface area contributed by atoms with Crippen LogP contribution in [0.25, 0.3) is 0 Å². The molecule has 1 aliphatic rings. The van der Waals surface area contributed by atoms with Crippen molar-refractivity contribution in [3.8, 4) is 0 Å². The molecular weight excluding hydrogens is 329 g/mol. The molecule has 22 heavy (non-hydrogen) atoms. The summed E-state index contributed by atoms with van der Waals surface area (Å²) in [6.07, 6.45) is 2.41. The number of methoxy groups -OCH3 is 2. The van der Waals surface area contributed by atoms with Crippen molar-refractivity contribution in [2.45, 2.75) is 24.9 Å². The number of piperidine rings is 1. The van der Waals surface area contributed by atoms with E-state index in [4.69, 9.17) is 9.47 Å². The van der Waals surface area contributed by atoms with E-state index in [0.29, 0.717) is 6.54 Å². The van der Waals surface area contributed by atoms with Crippen LogP contribution in [0.3, 0.4) is 0 Å². The first-order valence-corrected chi connectivity index (χ1v) is 7.36. The Hall–Kier alpha value is -0.110. The Kier molecular flexibility index (Phi) is 14.6. The fourth-order valence-electron chi connectivity index (χ4n) is 2.43. The first-order valence-electron chi connectivity index (χ1n) is 7.36. The van der Waals surface area contributed by atoms with E-state index in [1.54, 1.807) is 14.2 Å². The average molecular weight is 360 g/mol. The van der Waals surface area contributed by atoms with Crippen LogP contribution in [0.2, 0.25) is 0 Å². The zero-order valence-electron chi connectivity index (χ0n) is 13.9. The molecule has 0 spiro atoms. The number of carbonyl (C=O) groups is 1. The summed E-state index contributed by atoms with van der Waals surface area (Å²) in [6.45, 7) is 4.96. The lowest BCUT2D eigenvalue weighted by molar-refractivity contribution is -0.146. The SMILES string of the molecule is COCCN(C)CCCNC(=O)C1(OC)CCNCC1.Cl.Cl. The Morgan fingerprint density at radius 2 is 1.86 bits per heavy atom. The third-order valence-electron chi connectivity index (χ3n) is 3.90. The first-order chi connectivity index (χ1) is 9.64. The molecule has 134 valence electrons. The van der Waals surface area contributed by atoms with E-state index >= 15 is 0 Å². The van der Waals surface area contributed by atoms with E-state index < -0.39 is 5.60 Å². The van der Waals surface area contributed by atoms with Crippen molar-refractivity contribution in [1.82, 2.24) is 15.5 Å². The van der Waals surface area contributed by atoms with Crippen molar-refractivity contribution in [2.24, 2.45) is 0 Å². The summed E-state index contributed by atoms with van der Waals surface area (Å²) in [6, 6.07) is 0. The van der Waals surface area contributed by atoms with Crippen LogP contribution in [-0.2, 0) is 14.3 Å². The topological polar surface area (TPSA) is 62.8 Å². The molecule has 1 rings (SSSR count). The monoisotopic (exact) mass is 359 g/mol. The average Bonchev–Trinajstić information content (AvgIpc) is 2.49. The number of rotatable bonds is 9. The molecule has 0 aromatic carbocycles. The van der Waals surface area contributed by atoms with Gasteiger partial charge in [0.1, 0.15) is 5.60 Å². The highest BCUT2D eigenvalue weighted by Gasteiger charge is 2.39. The number of carbonyl (C=O) groups excluding carboxylic acids is 1. The maximum Gasteiger partial charge on any atom is 0.252 e. The van der Waals surface area contributed by atoms with E-state index in [9.17, 15) is 4.79 Å². The maximum absolute atomic E-state index is 12.3. The molecule has 0 aromatic heterocycles. The van der Waals surface area contributed by atoms with Gasteiger partial charge in [-0.3, -0.25) is 4.79 Å². The number of ether oxygens (including phenoxy) is 2. The smallest absolute Gasteiger partial charge is 0.252 e. The van der Waals surface area contributed by atoms with E-state index in [1.807, 2.05) is 0 Å². The Balaban J connectivity index is 0. The highest BCUT2D eigenvalue weighted by atomic mass is 35.5. The van der Waals surface area contributed by atoms with Gasteiger partial charge in [-0.05, 0) is 45.9 Å². The number of likely N-dealkylation sites (N-methyl/N-ethyl adjacent to an activating group) is 1. The van der Waals surface area contributed by atoms with Crippen LogP contribution in [-0.4, -0.2) is 77.0 Å². The van der Waals surface area contributed by atoms with E-state index in [2.05, 4.69) is 22.6 Å². The predicted octanol–water partition coefficient (Wildman–Crippen LogP) is 0.683. The van der Waals surface area contributed by atoms with Gasteiger partial charge in [-0.15, -0.1) is 24.8 Å². The van der Waals surface area contributed by atoms with Crippen LogP contribution < -0.4 is 10.6 Å². The lowest BCUT2D eigenvalue weighted by Gasteiger charge is -2.34. The van der Waals surface area contributed by atoms with Gasteiger partial charge in [-0.1, -0.05) is 0 Å². The highest BCUT2D eigenvalue weighted by molar-refractivity contribution is 5.86. The second-order valence-electron chi connectivity index (χ2n) is 5.35. The van der Waals surface area contributed by atoms with Crippen molar-refractivity contribution in [3.05, 3.63) is 0 Å². The van der Waals surface area contributed by atoms with E-state index in [0.717, 1.165) is 52.0 Å². The Labute approximate surface area is 146 Å². The van der Waals surface area contributed by atoms with E-state index in [-0.39, 0.29) is 30.7 Å². The zero-order valence-corrected chi connectivity index (χ0v) is 15.5. The van der Waals surface area contributed by atoms with Gasteiger partial charge < -0.3 is 25.0 Å². The van der Waals surface area contributed by atoms with Crippen LogP contribution in [0.15, 0.2) is 0 Å². The molecule has 2 N–H and O–H groups in total. The maximum atomic E-state index is 12.3. The molecule has 0 aliphatic carbocycles. The van der Waals surface area contributed by atoms with Crippen molar-refractivity contribution >= 4 is 30.7 Å². The summed E-state index contributed by atoms with van der Waals surface area (Å²) in [5, 5.41) is 6.26. The van der Waals surface area contributed by atoms with Crippen molar-refractivity contribution in [3.63, 3.8) is 0 Å². The van der Waals surface area contributed by atoms with Gasteiger partial charge in [0.05, 0.1) is 6.61 Å². The van der Waals surface area contributed by atoms with Crippen LogP contribution in [0.5, 0.6) is 0 Å². The standard InChI is InChI=1S/C14H29N3O3.2ClH/c1-17(11-12-19-2)10-4-7-16-13(18)14(20-3)5-8-15-9-6-14;;/h15H,4-12H2,1-3H3,(H,16,18);2*1H. The summed E-state index contributed by atoms with van der Waals surface area (Å²) in [5.41, 5.74) is -0.632. The Bertz CT molecular complexity index is 291. The number of nitrogens with one attached hydrogen (secondary N) is 2. The normalized spacial score (nSPS) is 16.5. The summed E-state index contributed by atoms with van der Waals surface area (Å²) >= 11 is 0. The summed E-state index contributed by atoms with van der Waals surface area (Å²) in [5.74, 6) is 0.0287. The van der Waals surface area contributed by atoms with Gasteiger partial charge in [0.25, 0.3) is 5.91 Å². The second-order valence-corrected chi connectivity index (χ2v) is 5.35. The minimum Gasteiger partial charge on any atom is -0.383 e. The molecule has 0 aromatic rings. The van der Waals surface area contributed by atoms with Crippen molar-refractivity contribution in [1.29, 1.82) is 0 Å². The molecule has 1 heterocycles. The molecule has 8 heteroatoms. The quantitative estimate of drug-likeness (QED) is 0.593.